The Kier molecular flexibility index (Phi) is 3.69. The topological polar surface area (TPSA) is 59.4 Å². The van der Waals surface area contributed by atoms with Crippen LogP contribution in [-0.2, 0) is 0 Å². The second kappa shape index (κ2) is 5.01. The molecular formula is C11H11NO3. The number of nitrogens with zero attached hydrogens (tertiary/aromatic N) is 1. The summed E-state index contributed by atoms with van der Waals surface area (Å²) < 4.78 is 5.36. The molecule has 0 aliphatic rings. The smallest absolute Gasteiger partial charge is 0.354 e. The molecule has 1 aromatic heterocycles. The molecule has 78 valence electrons. The zero-order valence-electron chi connectivity index (χ0n) is 8.52. The van der Waals surface area contributed by atoms with Crippen molar-refractivity contribution in [2.75, 3.05) is 0 Å². The zero-order chi connectivity index (χ0) is 11.3. The van der Waals surface area contributed by atoms with E-state index in [0.29, 0.717) is 5.75 Å². The first-order valence-corrected chi connectivity index (χ1v) is 4.41. The SMILES string of the molecule is CC#CC(C)Oc1ccc(C(=O)O)nc1. The lowest BCUT2D eigenvalue weighted by molar-refractivity contribution is 0.0690. The van der Waals surface area contributed by atoms with Crippen LogP contribution in [0, 0.1) is 11.8 Å². The van der Waals surface area contributed by atoms with E-state index < -0.39 is 5.97 Å². The molecule has 0 fully saturated rings. The van der Waals surface area contributed by atoms with Gasteiger partial charge >= 0.3 is 5.97 Å². The number of aromatic nitrogens is 1. The minimum Gasteiger partial charge on any atom is -0.477 e. The van der Waals surface area contributed by atoms with Crippen molar-refractivity contribution >= 4 is 5.97 Å². The van der Waals surface area contributed by atoms with Gasteiger partial charge in [0, 0.05) is 0 Å². The van der Waals surface area contributed by atoms with Crippen LogP contribution in [0.15, 0.2) is 18.3 Å². The summed E-state index contributed by atoms with van der Waals surface area (Å²) in [5.74, 6) is 5.00. The fraction of sp³-hybridized carbons (Fsp3) is 0.273. The van der Waals surface area contributed by atoms with Crippen LogP contribution in [-0.4, -0.2) is 22.2 Å². The summed E-state index contributed by atoms with van der Waals surface area (Å²) in [4.78, 5) is 14.2. The number of ether oxygens (including phenoxy) is 1. The monoisotopic (exact) mass is 205 g/mol. The molecule has 1 atom stereocenters. The van der Waals surface area contributed by atoms with E-state index in [1.165, 1.54) is 12.3 Å². The normalized spacial score (nSPS) is 11.1. The highest BCUT2D eigenvalue weighted by molar-refractivity contribution is 5.85. The molecule has 0 bridgehead atoms. The third-order valence-electron chi connectivity index (χ3n) is 1.62. The van der Waals surface area contributed by atoms with Gasteiger partial charge in [-0.05, 0) is 26.0 Å². The maximum absolute atomic E-state index is 10.5. The van der Waals surface area contributed by atoms with E-state index in [9.17, 15) is 4.79 Å². The van der Waals surface area contributed by atoms with E-state index in [0.717, 1.165) is 0 Å². The number of carboxylic acids is 1. The van der Waals surface area contributed by atoms with E-state index in [1.54, 1.807) is 13.0 Å². The molecule has 15 heavy (non-hydrogen) atoms. The third-order valence-corrected chi connectivity index (χ3v) is 1.62. The summed E-state index contributed by atoms with van der Waals surface area (Å²) >= 11 is 0. The number of carbonyl (C=O) groups is 1. The number of hydrogen-bond acceptors (Lipinski definition) is 3. The number of aromatic carboxylic acids is 1. The highest BCUT2D eigenvalue weighted by Gasteiger charge is 2.05. The Morgan fingerprint density at radius 2 is 2.33 bits per heavy atom. The van der Waals surface area contributed by atoms with Crippen LogP contribution in [0.1, 0.15) is 24.3 Å². The van der Waals surface area contributed by atoms with Gasteiger partial charge in [-0.3, -0.25) is 0 Å². The molecule has 0 amide bonds. The van der Waals surface area contributed by atoms with Gasteiger partial charge in [0.15, 0.2) is 6.10 Å². The number of rotatable bonds is 3. The van der Waals surface area contributed by atoms with E-state index in [-0.39, 0.29) is 11.8 Å². The molecule has 1 N–H and O–H groups in total. The predicted octanol–water partition coefficient (Wildman–Crippen LogP) is 1.57. The lowest BCUT2D eigenvalue weighted by Crippen LogP contribution is -2.09. The minimum atomic E-state index is -1.05. The molecule has 4 heteroatoms. The van der Waals surface area contributed by atoms with Crippen molar-refractivity contribution in [3.63, 3.8) is 0 Å². The molecule has 0 saturated carbocycles. The molecule has 1 heterocycles. The van der Waals surface area contributed by atoms with Crippen molar-refractivity contribution in [1.29, 1.82) is 0 Å². The van der Waals surface area contributed by atoms with E-state index in [1.807, 2.05) is 6.92 Å². The molecular weight excluding hydrogens is 194 g/mol. The largest absolute Gasteiger partial charge is 0.477 e. The number of carboxylic acid groups (broad SMARTS) is 1. The molecule has 0 radical (unpaired) electrons. The van der Waals surface area contributed by atoms with E-state index in [4.69, 9.17) is 9.84 Å². The first-order valence-electron chi connectivity index (χ1n) is 4.41. The maximum Gasteiger partial charge on any atom is 0.354 e. The van der Waals surface area contributed by atoms with Crippen LogP contribution in [0.25, 0.3) is 0 Å². The maximum atomic E-state index is 10.5. The third kappa shape index (κ3) is 3.31. The van der Waals surface area contributed by atoms with Gasteiger partial charge < -0.3 is 9.84 Å². The molecule has 1 rings (SSSR count). The average molecular weight is 205 g/mol. The summed E-state index contributed by atoms with van der Waals surface area (Å²) in [6, 6.07) is 2.95. The van der Waals surface area contributed by atoms with Crippen LogP contribution < -0.4 is 4.74 Å². The van der Waals surface area contributed by atoms with Crippen LogP contribution >= 0.6 is 0 Å². The van der Waals surface area contributed by atoms with Crippen molar-refractivity contribution in [1.82, 2.24) is 4.98 Å². The Morgan fingerprint density at radius 1 is 1.60 bits per heavy atom. The van der Waals surface area contributed by atoms with Gasteiger partial charge in [-0.15, -0.1) is 5.92 Å². The molecule has 0 saturated heterocycles. The lowest BCUT2D eigenvalue weighted by atomic mass is 10.3. The summed E-state index contributed by atoms with van der Waals surface area (Å²) in [6.07, 6.45) is 1.14. The Bertz CT molecular complexity index is 400. The predicted molar refractivity (Wildman–Crippen MR) is 54.7 cm³/mol. The minimum absolute atomic E-state index is 0.00317. The van der Waals surface area contributed by atoms with E-state index in [2.05, 4.69) is 16.8 Å². The van der Waals surface area contributed by atoms with Gasteiger partial charge in [-0.2, -0.15) is 0 Å². The summed E-state index contributed by atoms with van der Waals surface area (Å²) in [5.41, 5.74) is -0.00317. The van der Waals surface area contributed by atoms with Gasteiger partial charge in [0.1, 0.15) is 11.4 Å². The van der Waals surface area contributed by atoms with Gasteiger partial charge in [0.05, 0.1) is 6.20 Å². The molecule has 0 aromatic carbocycles. The molecule has 1 unspecified atom stereocenters. The molecule has 1 aromatic rings. The van der Waals surface area contributed by atoms with Crippen LogP contribution in [0.2, 0.25) is 0 Å². The number of hydrogen-bond donors (Lipinski definition) is 1. The Balaban J connectivity index is 2.71. The van der Waals surface area contributed by atoms with Crippen molar-refractivity contribution < 1.29 is 14.6 Å². The van der Waals surface area contributed by atoms with Gasteiger partial charge in [-0.1, -0.05) is 5.92 Å². The average Bonchev–Trinajstić information content (AvgIpc) is 2.18. The van der Waals surface area contributed by atoms with Crippen LogP contribution in [0.3, 0.4) is 0 Å². The Labute approximate surface area is 87.9 Å². The Hall–Kier alpha value is -2.02. The van der Waals surface area contributed by atoms with Gasteiger partial charge in [0.2, 0.25) is 0 Å². The Morgan fingerprint density at radius 3 is 2.80 bits per heavy atom. The summed E-state index contributed by atoms with van der Waals surface area (Å²) in [6.45, 7) is 3.53. The van der Waals surface area contributed by atoms with Gasteiger partial charge in [0.25, 0.3) is 0 Å². The highest BCUT2D eigenvalue weighted by Crippen LogP contribution is 2.10. The fourth-order valence-corrected chi connectivity index (χ4v) is 1.01. The molecule has 0 aliphatic heterocycles. The van der Waals surface area contributed by atoms with Crippen LogP contribution in [0.4, 0.5) is 0 Å². The first kappa shape index (κ1) is 11.1. The molecule has 4 nitrogen and oxygen atoms in total. The van der Waals surface area contributed by atoms with Gasteiger partial charge in [-0.25, -0.2) is 9.78 Å². The van der Waals surface area contributed by atoms with Crippen molar-refractivity contribution in [3.8, 4) is 17.6 Å². The second-order valence-corrected chi connectivity index (χ2v) is 2.84. The lowest BCUT2D eigenvalue weighted by Gasteiger charge is -2.07. The standard InChI is InChI=1S/C11H11NO3/c1-3-4-8(2)15-9-5-6-10(11(13)14)12-7-9/h5-8H,1-2H3,(H,13,14). The number of pyridine rings is 1. The van der Waals surface area contributed by atoms with Crippen molar-refractivity contribution in [3.05, 3.63) is 24.0 Å². The van der Waals surface area contributed by atoms with Crippen molar-refractivity contribution in [2.45, 2.75) is 20.0 Å². The molecule has 0 spiro atoms. The summed E-state index contributed by atoms with van der Waals surface area (Å²) in [7, 11) is 0. The highest BCUT2D eigenvalue weighted by atomic mass is 16.5. The van der Waals surface area contributed by atoms with E-state index >= 15 is 0 Å². The van der Waals surface area contributed by atoms with Crippen molar-refractivity contribution in [2.24, 2.45) is 0 Å². The summed E-state index contributed by atoms with van der Waals surface area (Å²) in [5, 5.41) is 8.62. The second-order valence-electron chi connectivity index (χ2n) is 2.84. The van der Waals surface area contributed by atoms with Crippen LogP contribution in [0.5, 0.6) is 5.75 Å². The fourth-order valence-electron chi connectivity index (χ4n) is 1.01. The first-order chi connectivity index (χ1) is 7.13. The zero-order valence-corrected chi connectivity index (χ0v) is 8.52. The molecule has 0 aliphatic carbocycles. The quantitative estimate of drug-likeness (QED) is 0.761.